The van der Waals surface area contributed by atoms with Gasteiger partial charge in [-0.3, -0.25) is 4.68 Å². The number of halogens is 1. The van der Waals surface area contributed by atoms with Crippen molar-refractivity contribution >= 4 is 40.9 Å². The lowest BCUT2D eigenvalue weighted by Gasteiger charge is -2.24. The van der Waals surface area contributed by atoms with Crippen molar-refractivity contribution in [3.05, 3.63) is 47.8 Å². The predicted octanol–water partition coefficient (Wildman–Crippen LogP) is 4.29. The number of hydrogen-bond donors (Lipinski definition) is 2. The smallest absolute Gasteiger partial charge is 0.360 e. The molecule has 1 saturated heterocycles. The number of nitrogens with one attached hydrogen (secondary N) is 2. The summed E-state index contributed by atoms with van der Waals surface area (Å²) < 4.78 is 9.17. The zero-order valence-corrected chi connectivity index (χ0v) is 22.0. The third-order valence-electron chi connectivity index (χ3n) is 7.23. The largest absolute Gasteiger partial charge is 0.464 e. The molecule has 3 aromatic heterocycles. The summed E-state index contributed by atoms with van der Waals surface area (Å²) in [4.78, 5) is 27.4. The molecule has 4 heterocycles. The highest BCUT2D eigenvalue weighted by Crippen LogP contribution is 2.45. The molecule has 2 N–H and O–H groups in total. The number of para-hydroxylation sites is 1. The van der Waals surface area contributed by atoms with Crippen LogP contribution < -0.4 is 10.6 Å². The summed E-state index contributed by atoms with van der Waals surface area (Å²) in [7, 11) is 3.33. The maximum Gasteiger partial charge on any atom is 0.360 e. The molecule has 0 bridgehead atoms. The summed E-state index contributed by atoms with van der Waals surface area (Å²) in [6.07, 6.45) is 7.76. The quantitative estimate of drug-likeness (QED) is 0.361. The molecule has 1 aliphatic heterocycles. The summed E-state index contributed by atoms with van der Waals surface area (Å²) in [6.45, 7) is 4.01. The number of aromatic nitrogens is 6. The van der Waals surface area contributed by atoms with E-state index in [-0.39, 0.29) is 18.1 Å². The van der Waals surface area contributed by atoms with Crippen LogP contribution in [0, 0.1) is 6.92 Å². The van der Waals surface area contributed by atoms with Crippen molar-refractivity contribution in [1.29, 1.82) is 0 Å². The van der Waals surface area contributed by atoms with Gasteiger partial charge >= 0.3 is 5.97 Å². The van der Waals surface area contributed by atoms with Gasteiger partial charge in [0.2, 0.25) is 0 Å². The number of carbonyl (C=O) groups excluding carboxylic acids is 1. The van der Waals surface area contributed by atoms with E-state index in [4.69, 9.17) is 14.7 Å². The second kappa shape index (κ2) is 10.1. The van der Waals surface area contributed by atoms with Gasteiger partial charge in [-0.05, 0) is 51.8 Å². The topological polar surface area (TPSA) is 112 Å². The number of piperidine rings is 1. The normalized spacial score (nSPS) is 16.0. The van der Waals surface area contributed by atoms with Crippen molar-refractivity contribution in [3.63, 3.8) is 0 Å². The number of hydrogen-bond acceptors (Lipinski definition) is 8. The molecule has 37 heavy (non-hydrogen) atoms. The molecule has 1 aliphatic carbocycles. The van der Waals surface area contributed by atoms with E-state index in [0.717, 1.165) is 72.4 Å². The minimum atomic E-state index is -0.537. The molecule has 1 saturated carbocycles. The van der Waals surface area contributed by atoms with E-state index in [1.54, 1.807) is 12.5 Å². The number of anilines is 2. The first-order chi connectivity index (χ1) is 17.5. The van der Waals surface area contributed by atoms with Crippen LogP contribution in [-0.4, -0.2) is 55.5 Å². The third-order valence-corrected chi connectivity index (χ3v) is 7.23. The fourth-order valence-corrected chi connectivity index (χ4v) is 5.06. The summed E-state index contributed by atoms with van der Waals surface area (Å²) in [5, 5.41) is 11.4. The number of imidazole rings is 1. The number of benzene rings is 1. The molecule has 0 amide bonds. The number of esters is 1. The first kappa shape index (κ1) is 25.2. The predicted molar refractivity (Wildman–Crippen MR) is 144 cm³/mol. The van der Waals surface area contributed by atoms with Crippen LogP contribution in [0.4, 0.5) is 11.5 Å². The van der Waals surface area contributed by atoms with Crippen molar-refractivity contribution in [3.8, 4) is 11.3 Å². The second-order valence-corrected chi connectivity index (χ2v) is 9.64. The molecule has 11 heteroatoms. The Labute approximate surface area is 221 Å². The lowest BCUT2D eigenvalue weighted by molar-refractivity contribution is 0.0595. The molecule has 0 radical (unpaired) electrons. The Hall–Kier alpha value is -3.50. The Bertz CT molecular complexity index is 1450. The molecule has 194 valence electrons. The van der Waals surface area contributed by atoms with Gasteiger partial charge in [-0.2, -0.15) is 5.10 Å². The van der Waals surface area contributed by atoms with Gasteiger partial charge < -0.3 is 19.9 Å². The van der Waals surface area contributed by atoms with Crippen LogP contribution in [0.2, 0.25) is 0 Å². The van der Waals surface area contributed by atoms with Crippen LogP contribution >= 0.6 is 12.4 Å². The van der Waals surface area contributed by atoms with Crippen molar-refractivity contribution in [2.24, 2.45) is 7.05 Å². The van der Waals surface area contributed by atoms with E-state index in [1.165, 1.54) is 7.11 Å². The average Bonchev–Trinajstić information content (AvgIpc) is 3.60. The highest BCUT2D eigenvalue weighted by Gasteiger charge is 2.33. The molecule has 0 spiro atoms. The molecule has 2 aliphatic rings. The van der Waals surface area contributed by atoms with E-state index in [1.807, 2.05) is 36.7 Å². The molecule has 1 aromatic carbocycles. The number of aryl methyl sites for hydroxylation is 1. The summed E-state index contributed by atoms with van der Waals surface area (Å²) in [5.74, 6) is 0.163. The summed E-state index contributed by atoms with van der Waals surface area (Å²) >= 11 is 0. The molecule has 2 fully saturated rings. The average molecular weight is 523 g/mol. The third kappa shape index (κ3) is 4.55. The number of nitrogens with zero attached hydrogens (tertiary/aromatic N) is 6. The minimum Gasteiger partial charge on any atom is -0.464 e. The van der Waals surface area contributed by atoms with E-state index in [2.05, 4.69) is 25.4 Å². The van der Waals surface area contributed by atoms with Gasteiger partial charge in [0.25, 0.3) is 0 Å². The minimum absolute atomic E-state index is 0. The van der Waals surface area contributed by atoms with Crippen LogP contribution in [0.25, 0.3) is 22.3 Å². The van der Waals surface area contributed by atoms with Gasteiger partial charge in [0.15, 0.2) is 11.5 Å². The fourth-order valence-electron chi connectivity index (χ4n) is 5.06. The zero-order chi connectivity index (χ0) is 24.8. The van der Waals surface area contributed by atoms with Gasteiger partial charge in [-0.15, -0.1) is 12.4 Å². The van der Waals surface area contributed by atoms with E-state index in [9.17, 15) is 4.79 Å². The molecule has 0 unspecified atom stereocenters. The van der Waals surface area contributed by atoms with Gasteiger partial charge in [-0.1, -0.05) is 12.1 Å². The van der Waals surface area contributed by atoms with E-state index >= 15 is 0 Å². The highest BCUT2D eigenvalue weighted by molar-refractivity contribution is 5.96. The van der Waals surface area contributed by atoms with Crippen LogP contribution in [0.5, 0.6) is 0 Å². The lowest BCUT2D eigenvalue weighted by Crippen LogP contribution is -2.30. The first-order valence-corrected chi connectivity index (χ1v) is 12.5. The first-order valence-electron chi connectivity index (χ1n) is 12.5. The standard InChI is InChI=1S/C26H30N8O2.ClH/c1-15-19(13-29-34(15)17-9-11-27-12-10-17)30-25-24(26(35)36-3)31-23(21(32-25)16-7-8-16)18-5-4-6-20-22(18)28-14-33(20)2;/h4-6,13-14,16-17,27H,7-12H2,1-3H3,(H,30,32);1H. The number of carbonyl (C=O) groups is 1. The number of rotatable bonds is 6. The number of ether oxygens (including phenoxy) is 1. The Morgan fingerprint density at radius 1 is 1.16 bits per heavy atom. The van der Waals surface area contributed by atoms with Crippen LogP contribution in [-0.2, 0) is 11.8 Å². The molecule has 4 aromatic rings. The number of fused-ring (bicyclic) bond motifs is 1. The lowest BCUT2D eigenvalue weighted by atomic mass is 10.0. The van der Waals surface area contributed by atoms with Gasteiger partial charge in [-0.25, -0.2) is 19.7 Å². The Balaban J connectivity index is 0.00000280. The summed E-state index contributed by atoms with van der Waals surface area (Å²) in [6, 6.07) is 6.36. The monoisotopic (exact) mass is 522 g/mol. The summed E-state index contributed by atoms with van der Waals surface area (Å²) in [5.41, 5.74) is 6.25. The Kier molecular flexibility index (Phi) is 6.87. The van der Waals surface area contributed by atoms with E-state index in [0.29, 0.717) is 23.5 Å². The van der Waals surface area contributed by atoms with Gasteiger partial charge in [0, 0.05) is 18.5 Å². The fraction of sp³-hybridized carbons (Fsp3) is 0.423. The zero-order valence-electron chi connectivity index (χ0n) is 21.2. The van der Waals surface area contributed by atoms with Crippen molar-refractivity contribution in [2.45, 2.75) is 44.6 Å². The van der Waals surface area contributed by atoms with Crippen molar-refractivity contribution in [1.82, 2.24) is 34.6 Å². The Morgan fingerprint density at radius 3 is 2.68 bits per heavy atom. The molecular formula is C26H31ClN8O2. The Morgan fingerprint density at radius 2 is 1.95 bits per heavy atom. The maximum atomic E-state index is 12.9. The van der Waals surface area contributed by atoms with E-state index < -0.39 is 5.97 Å². The SMILES string of the molecule is COC(=O)c1nc(-c2cccc3c2ncn3C)c(C2CC2)nc1Nc1cnn(C2CCNCC2)c1C.Cl. The molecule has 6 rings (SSSR count). The van der Waals surface area contributed by atoms with Crippen molar-refractivity contribution < 1.29 is 9.53 Å². The highest BCUT2D eigenvalue weighted by atomic mass is 35.5. The molecular weight excluding hydrogens is 492 g/mol. The molecule has 0 atom stereocenters. The van der Waals surface area contributed by atoms with Crippen LogP contribution in [0.3, 0.4) is 0 Å². The van der Waals surface area contributed by atoms with Crippen LogP contribution in [0.15, 0.2) is 30.7 Å². The number of methoxy groups -OCH3 is 1. The second-order valence-electron chi connectivity index (χ2n) is 9.64. The van der Waals surface area contributed by atoms with Gasteiger partial charge in [0.1, 0.15) is 0 Å². The molecule has 10 nitrogen and oxygen atoms in total. The van der Waals surface area contributed by atoms with Crippen molar-refractivity contribution in [2.75, 3.05) is 25.5 Å². The van der Waals surface area contributed by atoms with Crippen LogP contribution in [0.1, 0.15) is 59.5 Å². The maximum absolute atomic E-state index is 12.9. The van der Waals surface area contributed by atoms with Gasteiger partial charge in [0.05, 0.1) is 59.5 Å².